The summed E-state index contributed by atoms with van der Waals surface area (Å²) in [6.45, 7) is -0.520. The molecule has 10 nitrogen and oxygen atoms in total. The van der Waals surface area contributed by atoms with E-state index in [0.29, 0.717) is 22.3 Å². The predicted molar refractivity (Wildman–Crippen MR) is 148 cm³/mol. The third kappa shape index (κ3) is 6.04. The molecule has 3 aromatic carbocycles. The monoisotopic (exact) mass is 543 g/mol. The number of rotatable bonds is 8. The van der Waals surface area contributed by atoms with Crippen LogP contribution in [0.2, 0.25) is 0 Å². The first-order valence-corrected chi connectivity index (χ1v) is 12.9. The van der Waals surface area contributed by atoms with E-state index in [1.165, 1.54) is 47.3 Å². The fourth-order valence-corrected chi connectivity index (χ4v) is 4.79. The van der Waals surface area contributed by atoms with Crippen LogP contribution in [0.5, 0.6) is 5.75 Å². The van der Waals surface area contributed by atoms with E-state index < -0.39 is 23.3 Å². The van der Waals surface area contributed by atoms with Gasteiger partial charge >= 0.3 is 5.69 Å². The highest BCUT2D eigenvalue weighted by molar-refractivity contribution is 5.92. The second kappa shape index (κ2) is 11.9. The van der Waals surface area contributed by atoms with Crippen molar-refractivity contribution in [1.29, 1.82) is 0 Å². The molecule has 1 aliphatic rings. The number of hydrogen-bond acceptors (Lipinski definition) is 7. The van der Waals surface area contributed by atoms with Gasteiger partial charge in [0.1, 0.15) is 11.6 Å². The normalized spacial score (nSPS) is 13.9. The van der Waals surface area contributed by atoms with Gasteiger partial charge in [-0.2, -0.15) is 9.78 Å². The first-order chi connectivity index (χ1) is 19.4. The summed E-state index contributed by atoms with van der Waals surface area (Å²) in [7, 11) is 0. The van der Waals surface area contributed by atoms with Gasteiger partial charge in [0.05, 0.1) is 22.0 Å². The van der Waals surface area contributed by atoms with Crippen LogP contribution in [0.3, 0.4) is 0 Å². The van der Waals surface area contributed by atoms with E-state index in [4.69, 9.17) is 9.72 Å². The van der Waals surface area contributed by atoms with Crippen LogP contribution in [0.4, 0.5) is 15.8 Å². The number of amides is 1. The molecule has 0 spiro atoms. The second-order valence-electron chi connectivity index (χ2n) is 9.52. The molecule has 1 amide bonds. The molecule has 1 saturated carbocycles. The number of ether oxygens (including phenoxy) is 1. The largest absolute Gasteiger partial charge is 0.477 e. The van der Waals surface area contributed by atoms with Crippen LogP contribution in [-0.2, 0) is 4.79 Å². The van der Waals surface area contributed by atoms with Gasteiger partial charge in [-0.3, -0.25) is 19.7 Å². The maximum absolute atomic E-state index is 13.4. The molecule has 0 unspecified atom stereocenters. The van der Waals surface area contributed by atoms with Gasteiger partial charge in [-0.15, -0.1) is 0 Å². The highest BCUT2D eigenvalue weighted by Gasteiger charge is 2.23. The molecule has 1 heterocycles. The average molecular weight is 544 g/mol. The van der Waals surface area contributed by atoms with E-state index in [1.54, 1.807) is 18.2 Å². The quantitative estimate of drug-likeness (QED) is 0.180. The van der Waals surface area contributed by atoms with Crippen LogP contribution < -0.4 is 15.6 Å². The van der Waals surface area contributed by atoms with Crippen LogP contribution in [0, 0.1) is 15.9 Å². The number of carbonyl (C=O) groups is 1. The summed E-state index contributed by atoms with van der Waals surface area (Å²) in [5.74, 6) is -0.572. The van der Waals surface area contributed by atoms with E-state index >= 15 is 0 Å². The smallest absolute Gasteiger partial charge is 0.311 e. The Morgan fingerprint density at radius 1 is 1.12 bits per heavy atom. The fraction of sp³-hybridized carbons (Fsp3) is 0.241. The van der Waals surface area contributed by atoms with Crippen molar-refractivity contribution in [2.24, 2.45) is 5.10 Å². The number of benzene rings is 3. The lowest BCUT2D eigenvalue weighted by Gasteiger charge is -2.22. The molecule has 1 fully saturated rings. The van der Waals surface area contributed by atoms with Crippen molar-refractivity contribution in [3.8, 4) is 5.75 Å². The maximum atomic E-state index is 13.4. The van der Waals surface area contributed by atoms with Gasteiger partial charge < -0.3 is 10.1 Å². The molecular formula is C29H26FN5O5. The minimum atomic E-state index is -0.631. The molecule has 11 heteroatoms. The van der Waals surface area contributed by atoms with Crippen molar-refractivity contribution < 1.29 is 18.8 Å². The molecule has 0 aliphatic heterocycles. The Kier molecular flexibility index (Phi) is 7.90. The number of anilines is 1. The number of hydrogen-bond donors (Lipinski definition) is 1. The second-order valence-corrected chi connectivity index (χ2v) is 9.52. The number of nitrogens with zero attached hydrogens (tertiary/aromatic N) is 4. The number of nitro benzene ring substituents is 1. The van der Waals surface area contributed by atoms with Crippen LogP contribution in [-0.4, -0.2) is 33.3 Å². The van der Waals surface area contributed by atoms with Crippen molar-refractivity contribution in [2.45, 2.75) is 38.0 Å². The molecule has 40 heavy (non-hydrogen) atoms. The number of para-hydroxylation sites is 1. The van der Waals surface area contributed by atoms with E-state index in [2.05, 4.69) is 10.4 Å². The van der Waals surface area contributed by atoms with Gasteiger partial charge in [0.25, 0.3) is 11.5 Å². The molecule has 5 rings (SSSR count). The molecule has 0 bridgehead atoms. The number of aromatic nitrogens is 2. The highest BCUT2D eigenvalue weighted by Crippen LogP contribution is 2.32. The van der Waals surface area contributed by atoms with Gasteiger partial charge in [0, 0.05) is 23.2 Å². The molecule has 4 aromatic rings. The summed E-state index contributed by atoms with van der Waals surface area (Å²) in [6, 6.07) is 16.6. The molecule has 204 valence electrons. The fourth-order valence-electron chi connectivity index (χ4n) is 4.79. The zero-order valence-electron chi connectivity index (χ0n) is 21.5. The van der Waals surface area contributed by atoms with Gasteiger partial charge in [0.2, 0.25) is 0 Å². The van der Waals surface area contributed by atoms with Gasteiger partial charge in [-0.05, 0) is 55.3 Å². The van der Waals surface area contributed by atoms with E-state index in [9.17, 15) is 24.1 Å². The number of halogens is 1. The first kappa shape index (κ1) is 26.7. The Hall–Kier alpha value is -4.93. The van der Waals surface area contributed by atoms with Gasteiger partial charge in [-0.1, -0.05) is 37.5 Å². The van der Waals surface area contributed by atoms with E-state index in [-0.39, 0.29) is 28.6 Å². The first-order valence-electron chi connectivity index (χ1n) is 12.9. The lowest BCUT2D eigenvalue weighted by Crippen LogP contribution is -2.25. The number of fused-ring (bicyclic) bond motifs is 1. The van der Waals surface area contributed by atoms with Gasteiger partial charge in [0.15, 0.2) is 12.4 Å². The minimum Gasteiger partial charge on any atom is -0.477 e. The summed E-state index contributed by atoms with van der Waals surface area (Å²) in [4.78, 5) is 41.5. The SMILES string of the molecule is O=C(COc1ccc(C=Nn2c(C3CCCCC3)nc3ccccc3c2=O)cc1[N+](=O)[O-])Nc1cccc(F)c1. The number of nitro groups is 1. The van der Waals surface area contributed by atoms with Crippen LogP contribution >= 0.6 is 0 Å². The standard InChI is InChI=1S/C29H26FN5O5/c30-21-9-6-10-22(16-21)32-27(36)18-40-26-14-13-19(15-25(26)35(38)39)17-31-34-28(20-7-2-1-3-8-20)33-24-12-5-4-11-23(24)29(34)37/h4-6,9-17,20H,1-3,7-8,18H2,(H,32,36). The number of carbonyl (C=O) groups excluding carboxylic acids is 1. The Morgan fingerprint density at radius 3 is 2.70 bits per heavy atom. The topological polar surface area (TPSA) is 129 Å². The van der Waals surface area contributed by atoms with Crippen molar-refractivity contribution in [1.82, 2.24) is 9.66 Å². The summed E-state index contributed by atoms with van der Waals surface area (Å²) in [5.41, 5.74) is 0.525. The van der Waals surface area contributed by atoms with E-state index in [1.807, 2.05) is 6.07 Å². The molecule has 0 saturated heterocycles. The minimum absolute atomic E-state index is 0.0897. The summed E-state index contributed by atoms with van der Waals surface area (Å²) < 4.78 is 20.0. The summed E-state index contributed by atoms with van der Waals surface area (Å²) >= 11 is 0. The zero-order chi connectivity index (χ0) is 28.1. The lowest BCUT2D eigenvalue weighted by atomic mass is 9.88. The molecule has 0 atom stereocenters. The van der Waals surface area contributed by atoms with Crippen molar-refractivity contribution in [3.05, 3.63) is 104 Å². The zero-order valence-corrected chi connectivity index (χ0v) is 21.5. The Morgan fingerprint density at radius 2 is 1.93 bits per heavy atom. The highest BCUT2D eigenvalue weighted by atomic mass is 19.1. The third-order valence-electron chi connectivity index (χ3n) is 6.72. The molecular weight excluding hydrogens is 517 g/mol. The molecule has 0 radical (unpaired) electrons. The van der Waals surface area contributed by atoms with Crippen molar-refractivity contribution >= 4 is 34.4 Å². The van der Waals surface area contributed by atoms with Crippen molar-refractivity contribution in [3.63, 3.8) is 0 Å². The summed E-state index contributed by atoms with van der Waals surface area (Å²) in [5, 5.41) is 19.1. The van der Waals surface area contributed by atoms with E-state index in [0.717, 1.165) is 38.2 Å². The number of nitrogens with one attached hydrogen (secondary N) is 1. The molecule has 1 aromatic heterocycles. The van der Waals surface area contributed by atoms with Crippen molar-refractivity contribution in [2.75, 3.05) is 11.9 Å². The van der Waals surface area contributed by atoms with Crippen LogP contribution in [0.25, 0.3) is 10.9 Å². The van der Waals surface area contributed by atoms with Crippen LogP contribution in [0.1, 0.15) is 49.4 Å². The molecule has 1 N–H and O–H groups in total. The third-order valence-corrected chi connectivity index (χ3v) is 6.72. The van der Waals surface area contributed by atoms with Crippen LogP contribution in [0.15, 0.2) is 76.6 Å². The Balaban J connectivity index is 1.39. The Labute approximate surface area is 228 Å². The molecule has 1 aliphatic carbocycles. The Bertz CT molecular complexity index is 1660. The van der Waals surface area contributed by atoms with Gasteiger partial charge in [-0.25, -0.2) is 9.37 Å². The maximum Gasteiger partial charge on any atom is 0.311 e. The summed E-state index contributed by atoms with van der Waals surface area (Å²) in [6.07, 6.45) is 6.42. The predicted octanol–water partition coefficient (Wildman–Crippen LogP) is 5.39. The average Bonchev–Trinajstić information content (AvgIpc) is 2.96. The lowest BCUT2D eigenvalue weighted by molar-refractivity contribution is -0.385.